The number of aromatic nitrogens is 4. The molecular weight excluding hydrogens is 597 g/mol. The highest BCUT2D eigenvalue weighted by Crippen LogP contribution is 2.56. The van der Waals surface area contributed by atoms with Crippen molar-refractivity contribution in [3.8, 4) is 56.4 Å². The molecule has 8 aromatic rings. The molecule has 2 aromatic heterocycles. The van der Waals surface area contributed by atoms with E-state index < -0.39 is 5.41 Å². The maximum absolute atomic E-state index is 5.08. The van der Waals surface area contributed by atoms with Crippen molar-refractivity contribution in [2.45, 2.75) is 5.41 Å². The van der Waals surface area contributed by atoms with E-state index in [4.69, 9.17) is 15.0 Å². The third-order valence-electron chi connectivity index (χ3n) is 9.50. The van der Waals surface area contributed by atoms with Crippen molar-refractivity contribution in [1.82, 2.24) is 19.9 Å². The molecule has 0 saturated carbocycles. The lowest BCUT2D eigenvalue weighted by molar-refractivity contribution is 0.769. The van der Waals surface area contributed by atoms with Gasteiger partial charge in [-0.2, -0.15) is 0 Å². The Morgan fingerprint density at radius 1 is 0.347 bits per heavy atom. The van der Waals surface area contributed by atoms with Crippen LogP contribution in [0.3, 0.4) is 0 Å². The van der Waals surface area contributed by atoms with Crippen molar-refractivity contribution >= 4 is 0 Å². The monoisotopic (exact) mass is 626 g/mol. The molecule has 0 radical (unpaired) electrons. The number of pyridine rings is 1. The summed E-state index contributed by atoms with van der Waals surface area (Å²) >= 11 is 0. The van der Waals surface area contributed by atoms with Crippen molar-refractivity contribution in [2.24, 2.45) is 0 Å². The SMILES string of the molecule is c1ccc(-c2nc(-c3ccccc3)nc(-c3cccc(C4(c5cccc(-c6cccnc6)c5)c5ccccc5-c5ccccc54)c3)n2)cc1. The van der Waals surface area contributed by atoms with Crippen LogP contribution in [-0.4, -0.2) is 19.9 Å². The summed E-state index contributed by atoms with van der Waals surface area (Å²) in [5, 5.41) is 0. The molecule has 4 nitrogen and oxygen atoms in total. The van der Waals surface area contributed by atoms with Crippen LogP contribution in [0, 0.1) is 0 Å². The van der Waals surface area contributed by atoms with Gasteiger partial charge in [0.2, 0.25) is 0 Å². The average Bonchev–Trinajstić information content (AvgIpc) is 3.50. The first-order valence-electron chi connectivity index (χ1n) is 16.5. The molecular formula is C45H30N4. The van der Waals surface area contributed by atoms with Gasteiger partial charge < -0.3 is 0 Å². The van der Waals surface area contributed by atoms with E-state index in [-0.39, 0.29) is 0 Å². The zero-order chi connectivity index (χ0) is 32.6. The second-order valence-corrected chi connectivity index (χ2v) is 12.3. The molecule has 0 saturated heterocycles. The quantitative estimate of drug-likeness (QED) is 0.184. The highest BCUT2D eigenvalue weighted by Gasteiger charge is 2.46. The molecule has 9 rings (SSSR count). The van der Waals surface area contributed by atoms with Gasteiger partial charge in [-0.25, -0.2) is 15.0 Å². The number of rotatable bonds is 6. The second-order valence-electron chi connectivity index (χ2n) is 12.3. The number of nitrogens with zero attached hydrogens (tertiary/aromatic N) is 4. The van der Waals surface area contributed by atoms with Gasteiger partial charge in [-0.05, 0) is 62.7 Å². The van der Waals surface area contributed by atoms with Gasteiger partial charge in [-0.3, -0.25) is 4.98 Å². The van der Waals surface area contributed by atoms with Gasteiger partial charge in [-0.15, -0.1) is 0 Å². The van der Waals surface area contributed by atoms with Crippen molar-refractivity contribution in [2.75, 3.05) is 0 Å². The molecule has 0 spiro atoms. The molecule has 4 heteroatoms. The van der Waals surface area contributed by atoms with E-state index in [1.54, 1.807) is 0 Å². The fourth-order valence-electron chi connectivity index (χ4n) is 7.32. The summed E-state index contributed by atoms with van der Waals surface area (Å²) < 4.78 is 0. The molecule has 6 aromatic carbocycles. The van der Waals surface area contributed by atoms with Gasteiger partial charge in [0.1, 0.15) is 0 Å². The van der Waals surface area contributed by atoms with E-state index in [9.17, 15) is 0 Å². The Kier molecular flexibility index (Phi) is 6.98. The van der Waals surface area contributed by atoms with Crippen molar-refractivity contribution in [1.29, 1.82) is 0 Å². The lowest BCUT2D eigenvalue weighted by Crippen LogP contribution is -2.28. The van der Waals surface area contributed by atoms with Crippen LogP contribution in [-0.2, 0) is 5.41 Å². The Morgan fingerprint density at radius 2 is 0.796 bits per heavy atom. The summed E-state index contributed by atoms with van der Waals surface area (Å²) in [6, 6.07) is 59.6. The van der Waals surface area contributed by atoms with Crippen LogP contribution in [0.15, 0.2) is 182 Å². The van der Waals surface area contributed by atoms with Gasteiger partial charge in [0.15, 0.2) is 17.5 Å². The van der Waals surface area contributed by atoms with Crippen LogP contribution in [0.4, 0.5) is 0 Å². The Bertz CT molecular complexity index is 2340. The summed E-state index contributed by atoms with van der Waals surface area (Å²) in [6.07, 6.45) is 3.75. The first kappa shape index (κ1) is 28.7. The van der Waals surface area contributed by atoms with E-state index in [1.165, 1.54) is 27.8 Å². The van der Waals surface area contributed by atoms with Gasteiger partial charge in [0.25, 0.3) is 0 Å². The van der Waals surface area contributed by atoms with Crippen LogP contribution >= 0.6 is 0 Å². The Morgan fingerprint density at radius 3 is 1.35 bits per heavy atom. The van der Waals surface area contributed by atoms with Gasteiger partial charge in [0.05, 0.1) is 5.41 Å². The Balaban J connectivity index is 1.30. The minimum absolute atomic E-state index is 0.584. The Hall–Kier alpha value is -6.52. The summed E-state index contributed by atoms with van der Waals surface area (Å²) in [5.74, 6) is 1.92. The molecule has 1 aliphatic carbocycles. The van der Waals surface area contributed by atoms with Crippen molar-refractivity contribution in [3.05, 3.63) is 205 Å². The number of benzene rings is 6. The molecule has 0 N–H and O–H groups in total. The predicted octanol–water partition coefficient (Wildman–Crippen LogP) is 10.3. The van der Waals surface area contributed by atoms with E-state index in [0.717, 1.165) is 33.4 Å². The molecule has 2 heterocycles. The molecule has 49 heavy (non-hydrogen) atoms. The fourth-order valence-corrected chi connectivity index (χ4v) is 7.32. The standard InChI is InChI=1S/C45H30N4/c1-3-14-31(15-4-1)42-47-43(32-16-5-2-6-17-32)49-44(48-42)34-19-12-22-37(29-34)45(36-21-11-18-33(28-36)35-20-13-27-46-30-35)40-25-9-7-23-38(40)39-24-8-10-26-41(39)45/h1-30H. The normalized spacial score (nSPS) is 12.7. The third kappa shape index (κ3) is 4.85. The highest BCUT2D eigenvalue weighted by atomic mass is 15.0. The summed E-state index contributed by atoms with van der Waals surface area (Å²) in [6.45, 7) is 0. The lowest BCUT2D eigenvalue weighted by atomic mass is 9.67. The minimum Gasteiger partial charge on any atom is -0.264 e. The third-order valence-corrected chi connectivity index (χ3v) is 9.50. The first-order valence-corrected chi connectivity index (χ1v) is 16.5. The zero-order valence-corrected chi connectivity index (χ0v) is 26.6. The number of hydrogen-bond acceptors (Lipinski definition) is 4. The van der Waals surface area contributed by atoms with Crippen LogP contribution in [0.25, 0.3) is 56.4 Å². The molecule has 0 aliphatic heterocycles. The van der Waals surface area contributed by atoms with E-state index in [2.05, 4.69) is 108 Å². The van der Waals surface area contributed by atoms with Crippen LogP contribution in [0.2, 0.25) is 0 Å². The smallest absolute Gasteiger partial charge is 0.164 e. The fraction of sp³-hybridized carbons (Fsp3) is 0.0222. The van der Waals surface area contributed by atoms with E-state index in [1.807, 2.05) is 79.1 Å². The average molecular weight is 627 g/mol. The van der Waals surface area contributed by atoms with Gasteiger partial charge >= 0.3 is 0 Å². The number of hydrogen-bond donors (Lipinski definition) is 0. The molecule has 230 valence electrons. The van der Waals surface area contributed by atoms with E-state index in [0.29, 0.717) is 17.5 Å². The zero-order valence-electron chi connectivity index (χ0n) is 26.6. The van der Waals surface area contributed by atoms with Crippen molar-refractivity contribution < 1.29 is 0 Å². The molecule has 0 bridgehead atoms. The molecule has 0 unspecified atom stereocenters. The number of fused-ring (bicyclic) bond motifs is 3. The molecule has 0 amide bonds. The largest absolute Gasteiger partial charge is 0.264 e. The van der Waals surface area contributed by atoms with Crippen molar-refractivity contribution in [3.63, 3.8) is 0 Å². The summed E-state index contributed by atoms with van der Waals surface area (Å²) in [7, 11) is 0. The molecule has 1 aliphatic rings. The maximum Gasteiger partial charge on any atom is 0.164 e. The minimum atomic E-state index is -0.584. The van der Waals surface area contributed by atoms with E-state index >= 15 is 0 Å². The first-order chi connectivity index (χ1) is 24.3. The summed E-state index contributed by atoms with van der Waals surface area (Å²) in [4.78, 5) is 19.5. The van der Waals surface area contributed by atoms with Gasteiger partial charge in [-0.1, -0.05) is 152 Å². The summed E-state index contributed by atoms with van der Waals surface area (Å²) in [5.41, 5.74) is 11.8. The van der Waals surface area contributed by atoms with Gasteiger partial charge in [0, 0.05) is 29.1 Å². The van der Waals surface area contributed by atoms with Crippen LogP contribution < -0.4 is 0 Å². The maximum atomic E-state index is 5.08. The molecule has 0 atom stereocenters. The molecule has 0 fully saturated rings. The highest BCUT2D eigenvalue weighted by molar-refractivity contribution is 5.87. The Labute approximate surface area is 285 Å². The van der Waals surface area contributed by atoms with Crippen LogP contribution in [0.1, 0.15) is 22.3 Å². The van der Waals surface area contributed by atoms with Crippen LogP contribution in [0.5, 0.6) is 0 Å². The lowest BCUT2D eigenvalue weighted by Gasteiger charge is -2.34. The predicted molar refractivity (Wildman–Crippen MR) is 197 cm³/mol. The second kappa shape index (κ2) is 11.9. The topological polar surface area (TPSA) is 51.6 Å².